The Balaban J connectivity index is 2.66. The molecule has 3 amide bonds. The standard InChI is InChI=1S/C14H24ClN3O4/c1-9(15)11(19)18-8-6-7-10(18)12(20)17(5)16-13(21)22-14(2,3)4/h9-10H,6-8H2,1-5H3,(H,16,21)/t9-,10-/m0/s1. The van der Waals surface area contributed by atoms with Crippen LogP contribution >= 0.6 is 11.6 Å². The molecule has 1 rings (SSSR count). The number of hydrogen-bond donors (Lipinski definition) is 1. The number of likely N-dealkylation sites (tertiary alicyclic amines) is 1. The largest absolute Gasteiger partial charge is 0.443 e. The van der Waals surface area contributed by atoms with Crippen LogP contribution in [0.5, 0.6) is 0 Å². The number of nitrogens with zero attached hydrogens (tertiary/aromatic N) is 2. The van der Waals surface area contributed by atoms with Crippen LogP contribution in [0.1, 0.15) is 40.5 Å². The highest BCUT2D eigenvalue weighted by atomic mass is 35.5. The van der Waals surface area contributed by atoms with E-state index in [1.807, 2.05) is 0 Å². The van der Waals surface area contributed by atoms with Crippen molar-refractivity contribution >= 4 is 29.5 Å². The number of carbonyl (C=O) groups is 3. The van der Waals surface area contributed by atoms with Crippen LogP contribution in [0.15, 0.2) is 0 Å². The van der Waals surface area contributed by atoms with Crippen LogP contribution in [0, 0.1) is 0 Å². The third-order valence-electron chi connectivity index (χ3n) is 3.15. The molecule has 2 atom stereocenters. The topological polar surface area (TPSA) is 79.0 Å². The number of hydrogen-bond acceptors (Lipinski definition) is 4. The summed E-state index contributed by atoms with van der Waals surface area (Å²) in [5.41, 5.74) is 1.70. The average Bonchev–Trinajstić information content (AvgIpc) is 2.82. The summed E-state index contributed by atoms with van der Waals surface area (Å²) >= 11 is 5.81. The van der Waals surface area contributed by atoms with Gasteiger partial charge in [-0.15, -0.1) is 11.6 Å². The molecule has 0 spiro atoms. The van der Waals surface area contributed by atoms with Gasteiger partial charge in [-0.1, -0.05) is 0 Å². The predicted octanol–water partition coefficient (Wildman–Crippen LogP) is 1.50. The van der Waals surface area contributed by atoms with E-state index >= 15 is 0 Å². The molecule has 22 heavy (non-hydrogen) atoms. The van der Waals surface area contributed by atoms with E-state index in [0.717, 1.165) is 11.4 Å². The third-order valence-corrected chi connectivity index (χ3v) is 3.34. The Morgan fingerprint density at radius 2 is 1.95 bits per heavy atom. The highest BCUT2D eigenvalue weighted by Gasteiger charge is 2.37. The van der Waals surface area contributed by atoms with Crippen molar-refractivity contribution < 1.29 is 19.1 Å². The van der Waals surface area contributed by atoms with Crippen LogP contribution in [-0.2, 0) is 14.3 Å². The molecular formula is C14H24ClN3O4. The van der Waals surface area contributed by atoms with Gasteiger partial charge < -0.3 is 9.64 Å². The van der Waals surface area contributed by atoms with Crippen LogP contribution in [0.25, 0.3) is 0 Å². The Hall–Kier alpha value is -1.50. The van der Waals surface area contributed by atoms with Crippen LogP contribution in [0.3, 0.4) is 0 Å². The van der Waals surface area contributed by atoms with Gasteiger partial charge in [-0.3, -0.25) is 14.6 Å². The average molecular weight is 334 g/mol. The number of alkyl halides is 1. The third kappa shape index (κ3) is 5.05. The second-order valence-electron chi connectivity index (χ2n) is 6.32. The minimum Gasteiger partial charge on any atom is -0.443 e. The predicted molar refractivity (Wildman–Crippen MR) is 82.2 cm³/mol. The molecule has 0 aromatic rings. The molecule has 1 saturated heterocycles. The quantitative estimate of drug-likeness (QED) is 0.613. The van der Waals surface area contributed by atoms with Gasteiger partial charge in [0, 0.05) is 13.6 Å². The molecule has 0 unspecified atom stereocenters. The number of amides is 3. The summed E-state index contributed by atoms with van der Waals surface area (Å²) in [4.78, 5) is 37.6. The van der Waals surface area contributed by atoms with E-state index in [1.54, 1.807) is 27.7 Å². The van der Waals surface area contributed by atoms with Crippen molar-refractivity contribution in [3.63, 3.8) is 0 Å². The van der Waals surface area contributed by atoms with Crippen molar-refractivity contribution in [2.45, 2.75) is 57.6 Å². The molecule has 1 aliphatic rings. The number of rotatable bonds is 2. The van der Waals surface area contributed by atoms with E-state index in [2.05, 4.69) is 5.43 Å². The smallest absolute Gasteiger partial charge is 0.426 e. The van der Waals surface area contributed by atoms with Crippen LogP contribution in [-0.4, -0.2) is 58.4 Å². The van der Waals surface area contributed by atoms with Crippen LogP contribution in [0.2, 0.25) is 0 Å². The number of hydrazine groups is 1. The highest BCUT2D eigenvalue weighted by molar-refractivity contribution is 6.30. The van der Waals surface area contributed by atoms with Crippen molar-refractivity contribution in [3.05, 3.63) is 0 Å². The summed E-state index contributed by atoms with van der Waals surface area (Å²) < 4.78 is 5.09. The summed E-state index contributed by atoms with van der Waals surface area (Å²) in [5, 5.41) is 0.376. The maximum atomic E-state index is 12.4. The van der Waals surface area contributed by atoms with Gasteiger partial charge in [-0.25, -0.2) is 10.2 Å². The monoisotopic (exact) mass is 333 g/mol. The van der Waals surface area contributed by atoms with Gasteiger partial charge in [-0.2, -0.15) is 0 Å². The second kappa shape index (κ2) is 7.17. The summed E-state index contributed by atoms with van der Waals surface area (Å²) in [7, 11) is 1.43. The van der Waals surface area contributed by atoms with Gasteiger partial charge in [-0.05, 0) is 40.5 Å². The SMILES string of the molecule is C[C@H](Cl)C(=O)N1CCC[C@H]1C(=O)N(C)NC(=O)OC(C)(C)C. The van der Waals surface area contributed by atoms with E-state index in [-0.39, 0.29) is 11.8 Å². The summed E-state index contributed by atoms with van der Waals surface area (Å²) in [6, 6.07) is -0.603. The van der Waals surface area contributed by atoms with Crippen molar-refractivity contribution in [1.82, 2.24) is 15.3 Å². The maximum absolute atomic E-state index is 12.4. The van der Waals surface area contributed by atoms with E-state index in [9.17, 15) is 14.4 Å². The fourth-order valence-corrected chi connectivity index (χ4v) is 2.36. The zero-order valence-electron chi connectivity index (χ0n) is 13.7. The maximum Gasteiger partial charge on any atom is 0.426 e. The number of likely N-dealkylation sites (N-methyl/N-ethyl adjacent to an activating group) is 1. The molecule has 1 aliphatic heterocycles. The Morgan fingerprint density at radius 1 is 1.36 bits per heavy atom. The van der Waals surface area contributed by atoms with Gasteiger partial charge in [0.05, 0.1) is 0 Å². The number of nitrogens with one attached hydrogen (secondary N) is 1. The first-order chi connectivity index (χ1) is 10.0. The first-order valence-corrected chi connectivity index (χ1v) is 7.68. The molecule has 8 heteroatoms. The molecule has 0 aromatic heterocycles. The molecule has 0 bridgehead atoms. The fraction of sp³-hybridized carbons (Fsp3) is 0.786. The van der Waals surface area contributed by atoms with Crippen LogP contribution in [0.4, 0.5) is 4.79 Å². The summed E-state index contributed by atoms with van der Waals surface area (Å²) in [6.07, 6.45) is 0.561. The molecule has 7 nitrogen and oxygen atoms in total. The van der Waals surface area contributed by atoms with E-state index in [0.29, 0.717) is 13.0 Å². The fourth-order valence-electron chi connectivity index (χ4n) is 2.23. The van der Waals surface area contributed by atoms with E-state index in [1.165, 1.54) is 11.9 Å². The molecule has 1 heterocycles. The van der Waals surface area contributed by atoms with E-state index in [4.69, 9.17) is 16.3 Å². The molecule has 1 fully saturated rings. The van der Waals surface area contributed by atoms with Crippen molar-refractivity contribution in [2.24, 2.45) is 0 Å². The summed E-state index contributed by atoms with van der Waals surface area (Å²) in [5.74, 6) is -0.641. The lowest BCUT2D eigenvalue weighted by atomic mass is 10.2. The molecule has 0 aliphatic carbocycles. The minimum absolute atomic E-state index is 0.275. The first-order valence-electron chi connectivity index (χ1n) is 7.24. The van der Waals surface area contributed by atoms with E-state index < -0.39 is 23.1 Å². The lowest BCUT2D eigenvalue weighted by Crippen LogP contribution is -2.53. The number of halogens is 1. The molecule has 0 aromatic carbocycles. The zero-order valence-corrected chi connectivity index (χ0v) is 14.4. The summed E-state index contributed by atoms with van der Waals surface area (Å²) in [6.45, 7) is 7.26. The number of carbonyl (C=O) groups excluding carboxylic acids is 3. The molecule has 126 valence electrons. The van der Waals surface area contributed by atoms with Gasteiger partial charge in [0.2, 0.25) is 5.91 Å². The Morgan fingerprint density at radius 3 is 2.45 bits per heavy atom. The Bertz CT molecular complexity index is 448. The van der Waals surface area contributed by atoms with Crippen molar-refractivity contribution in [3.8, 4) is 0 Å². The highest BCUT2D eigenvalue weighted by Crippen LogP contribution is 2.21. The van der Waals surface area contributed by atoms with Crippen molar-refractivity contribution in [1.29, 1.82) is 0 Å². The molecule has 0 saturated carbocycles. The second-order valence-corrected chi connectivity index (χ2v) is 6.97. The van der Waals surface area contributed by atoms with Crippen molar-refractivity contribution in [2.75, 3.05) is 13.6 Å². The van der Waals surface area contributed by atoms with Gasteiger partial charge in [0.15, 0.2) is 0 Å². The molecule has 1 N–H and O–H groups in total. The molecular weight excluding hydrogens is 310 g/mol. The van der Waals surface area contributed by atoms with Gasteiger partial charge in [0.1, 0.15) is 17.0 Å². The minimum atomic E-state index is -0.718. The van der Waals surface area contributed by atoms with Gasteiger partial charge in [0.25, 0.3) is 5.91 Å². The Labute approximate surface area is 135 Å². The first kappa shape index (κ1) is 18.5. The number of ether oxygens (including phenoxy) is 1. The Kier molecular flexibility index (Phi) is 6.05. The normalized spacial score (nSPS) is 19.5. The lowest BCUT2D eigenvalue weighted by molar-refractivity contribution is -0.144. The molecule has 0 radical (unpaired) electrons. The van der Waals surface area contributed by atoms with Gasteiger partial charge >= 0.3 is 6.09 Å². The lowest BCUT2D eigenvalue weighted by Gasteiger charge is -2.29. The van der Waals surface area contributed by atoms with Crippen LogP contribution < -0.4 is 5.43 Å². The zero-order chi connectivity index (χ0) is 17.1.